The molecule has 0 amide bonds. The summed E-state index contributed by atoms with van der Waals surface area (Å²) in [6, 6.07) is 6.43. The summed E-state index contributed by atoms with van der Waals surface area (Å²) >= 11 is 9.91. The largest absolute Gasteiger partial charge is 0.478 e. The fourth-order valence-corrected chi connectivity index (χ4v) is 1.78. The van der Waals surface area contributed by atoms with Crippen molar-refractivity contribution in [3.05, 3.63) is 33.8 Å². The Hall–Kier alpha value is -1.38. The van der Waals surface area contributed by atoms with E-state index in [-0.39, 0.29) is 5.56 Å². The molecule has 2 aromatic rings. The van der Waals surface area contributed by atoms with E-state index in [1.807, 2.05) is 0 Å². The van der Waals surface area contributed by atoms with Gasteiger partial charge in [0, 0.05) is 4.90 Å². The minimum absolute atomic E-state index is 0.271. The summed E-state index contributed by atoms with van der Waals surface area (Å²) in [7, 11) is 0. The fourth-order valence-electron chi connectivity index (χ4n) is 0.880. The Bertz CT molecular complexity index is 564. The summed E-state index contributed by atoms with van der Waals surface area (Å²) in [6.07, 6.45) is 0. The predicted octanol–water partition coefficient (Wildman–Crippen LogP) is 2.46. The smallest absolute Gasteiger partial charge is 0.335 e. The number of thiol groups is 1. The Morgan fingerprint density at radius 1 is 1.59 bits per heavy atom. The average molecular weight is 287 g/mol. The van der Waals surface area contributed by atoms with E-state index in [4.69, 9.17) is 10.8 Å². The van der Waals surface area contributed by atoms with Crippen molar-refractivity contribution < 1.29 is 9.90 Å². The third-order valence-electron chi connectivity index (χ3n) is 1.55. The molecule has 0 aliphatic rings. The van der Waals surface area contributed by atoms with Crippen LogP contribution in [0.1, 0.15) is 10.4 Å². The Labute approximate surface area is 112 Å². The standard InChI is InChI=1S/C7H6O2S.C2H3N3S2/c8-7(9)5-2-1-3-6(10)4-5;3-1-4-5-2(6)7-1/h1-4,10H,(H,8,9);(H2,3,4)(H,5,6). The molecule has 1 heterocycles. The number of aromatic nitrogens is 2. The molecule has 17 heavy (non-hydrogen) atoms. The summed E-state index contributed by atoms with van der Waals surface area (Å²) in [4.78, 5) is 11.0. The van der Waals surface area contributed by atoms with Gasteiger partial charge < -0.3 is 10.8 Å². The van der Waals surface area contributed by atoms with Crippen molar-refractivity contribution in [2.75, 3.05) is 5.73 Å². The maximum absolute atomic E-state index is 10.3. The summed E-state index contributed by atoms with van der Waals surface area (Å²) in [5.41, 5.74) is 5.46. The molecule has 0 radical (unpaired) electrons. The van der Waals surface area contributed by atoms with Crippen LogP contribution >= 0.6 is 36.2 Å². The van der Waals surface area contributed by atoms with Gasteiger partial charge in [-0.3, -0.25) is 5.10 Å². The number of nitrogens with two attached hydrogens (primary N) is 1. The Kier molecular flexibility index (Phi) is 5.13. The van der Waals surface area contributed by atoms with Gasteiger partial charge in [-0.05, 0) is 30.4 Å². The number of carboxylic acids is 1. The second kappa shape index (κ2) is 6.38. The highest BCUT2D eigenvalue weighted by Crippen LogP contribution is 2.08. The number of nitrogens with one attached hydrogen (secondary N) is 1. The molecule has 0 bridgehead atoms. The molecule has 0 spiro atoms. The summed E-state index contributed by atoms with van der Waals surface area (Å²) in [5, 5.41) is 15.1. The Balaban J connectivity index is 0.000000181. The van der Waals surface area contributed by atoms with E-state index in [2.05, 4.69) is 35.0 Å². The van der Waals surface area contributed by atoms with Crippen LogP contribution < -0.4 is 5.73 Å². The van der Waals surface area contributed by atoms with Crippen LogP contribution in [0.3, 0.4) is 0 Å². The number of carboxylic acid groups (broad SMARTS) is 1. The Morgan fingerprint density at radius 3 is 2.59 bits per heavy atom. The van der Waals surface area contributed by atoms with E-state index < -0.39 is 5.97 Å². The average Bonchev–Trinajstić information content (AvgIpc) is 2.63. The van der Waals surface area contributed by atoms with E-state index in [1.54, 1.807) is 12.1 Å². The molecule has 1 aromatic heterocycles. The van der Waals surface area contributed by atoms with Crippen molar-refractivity contribution in [3.63, 3.8) is 0 Å². The number of nitrogen functional groups attached to an aromatic ring is 1. The molecule has 1 aromatic carbocycles. The number of H-pyrrole nitrogens is 1. The third kappa shape index (κ3) is 4.98. The minimum Gasteiger partial charge on any atom is -0.478 e. The first-order chi connectivity index (χ1) is 7.99. The normalized spacial score (nSPS) is 9.24. The first-order valence-corrected chi connectivity index (χ1v) is 5.99. The summed E-state index contributed by atoms with van der Waals surface area (Å²) in [5.74, 6) is -0.920. The zero-order valence-electron chi connectivity index (χ0n) is 8.45. The van der Waals surface area contributed by atoms with Crippen molar-refractivity contribution in [1.29, 1.82) is 0 Å². The molecule has 90 valence electrons. The molecule has 4 N–H and O–H groups in total. The number of hydrogen-bond donors (Lipinski definition) is 4. The lowest BCUT2D eigenvalue weighted by Crippen LogP contribution is -1.94. The van der Waals surface area contributed by atoms with Crippen molar-refractivity contribution in [1.82, 2.24) is 10.2 Å². The molecular formula is C9H9N3O2S3. The molecular weight excluding hydrogens is 278 g/mol. The first-order valence-electron chi connectivity index (χ1n) is 4.32. The summed E-state index contributed by atoms with van der Waals surface area (Å²) < 4.78 is 0.623. The molecule has 0 unspecified atom stereocenters. The second-order valence-electron chi connectivity index (χ2n) is 2.81. The van der Waals surface area contributed by atoms with Crippen LogP contribution in [-0.2, 0) is 0 Å². The number of aromatic amines is 1. The monoisotopic (exact) mass is 287 g/mol. The van der Waals surface area contributed by atoms with Gasteiger partial charge in [0.2, 0.25) is 5.13 Å². The van der Waals surface area contributed by atoms with E-state index in [0.29, 0.717) is 14.0 Å². The van der Waals surface area contributed by atoms with Gasteiger partial charge in [-0.15, -0.1) is 17.7 Å². The number of hydrogen-bond acceptors (Lipinski definition) is 6. The molecule has 5 nitrogen and oxygen atoms in total. The van der Waals surface area contributed by atoms with Crippen LogP contribution in [0.25, 0.3) is 0 Å². The number of aromatic carboxylic acids is 1. The molecule has 0 saturated carbocycles. The number of nitrogens with zero attached hydrogens (tertiary/aromatic N) is 1. The van der Waals surface area contributed by atoms with Crippen molar-refractivity contribution in [2.24, 2.45) is 0 Å². The number of anilines is 1. The van der Waals surface area contributed by atoms with Crippen LogP contribution in [0.5, 0.6) is 0 Å². The van der Waals surface area contributed by atoms with Crippen LogP contribution in [0.15, 0.2) is 29.2 Å². The van der Waals surface area contributed by atoms with Crippen molar-refractivity contribution >= 4 is 47.3 Å². The van der Waals surface area contributed by atoms with Gasteiger partial charge >= 0.3 is 5.97 Å². The lowest BCUT2D eigenvalue weighted by molar-refractivity contribution is 0.0696. The van der Waals surface area contributed by atoms with Gasteiger partial charge in [0.1, 0.15) is 0 Å². The molecule has 8 heteroatoms. The fraction of sp³-hybridized carbons (Fsp3) is 0. The molecule has 0 aliphatic heterocycles. The third-order valence-corrected chi connectivity index (χ3v) is 2.74. The van der Waals surface area contributed by atoms with Gasteiger partial charge in [-0.1, -0.05) is 17.4 Å². The Morgan fingerprint density at radius 2 is 2.29 bits per heavy atom. The summed E-state index contributed by atoms with van der Waals surface area (Å²) in [6.45, 7) is 0. The van der Waals surface area contributed by atoms with E-state index in [0.717, 1.165) is 0 Å². The topological polar surface area (TPSA) is 92.0 Å². The van der Waals surface area contributed by atoms with Crippen molar-refractivity contribution in [2.45, 2.75) is 4.90 Å². The zero-order valence-corrected chi connectivity index (χ0v) is 11.0. The highest BCUT2D eigenvalue weighted by atomic mass is 32.1. The van der Waals surface area contributed by atoms with E-state index in [1.165, 1.54) is 23.5 Å². The van der Waals surface area contributed by atoms with Crippen LogP contribution in [-0.4, -0.2) is 21.3 Å². The second-order valence-corrected chi connectivity index (χ2v) is 5.02. The maximum atomic E-state index is 10.3. The van der Waals surface area contributed by atoms with Gasteiger partial charge in [0.15, 0.2) is 3.95 Å². The van der Waals surface area contributed by atoms with Gasteiger partial charge in [0.05, 0.1) is 5.56 Å². The van der Waals surface area contributed by atoms with E-state index in [9.17, 15) is 4.79 Å². The molecule has 2 rings (SSSR count). The molecule has 0 fully saturated rings. The SMILES string of the molecule is Nc1n[nH]c(=S)s1.O=C(O)c1cccc(S)c1. The van der Waals surface area contributed by atoms with E-state index >= 15 is 0 Å². The minimum atomic E-state index is -0.920. The predicted molar refractivity (Wildman–Crippen MR) is 72.4 cm³/mol. The molecule has 0 atom stereocenters. The maximum Gasteiger partial charge on any atom is 0.335 e. The molecule has 0 saturated heterocycles. The number of rotatable bonds is 1. The quantitative estimate of drug-likeness (QED) is 0.477. The van der Waals surface area contributed by atoms with Gasteiger partial charge in [0.25, 0.3) is 0 Å². The lowest BCUT2D eigenvalue weighted by atomic mass is 10.2. The number of benzene rings is 1. The van der Waals surface area contributed by atoms with Crippen LogP contribution in [0.4, 0.5) is 5.13 Å². The zero-order chi connectivity index (χ0) is 12.8. The van der Waals surface area contributed by atoms with Gasteiger partial charge in [-0.2, -0.15) is 0 Å². The first kappa shape index (κ1) is 13.7. The van der Waals surface area contributed by atoms with Crippen LogP contribution in [0.2, 0.25) is 0 Å². The van der Waals surface area contributed by atoms with Crippen molar-refractivity contribution in [3.8, 4) is 0 Å². The molecule has 0 aliphatic carbocycles. The lowest BCUT2D eigenvalue weighted by Gasteiger charge is -1.92. The van der Waals surface area contributed by atoms with Gasteiger partial charge in [-0.25, -0.2) is 4.79 Å². The van der Waals surface area contributed by atoms with Crippen LogP contribution in [0, 0.1) is 3.95 Å². The highest BCUT2D eigenvalue weighted by molar-refractivity contribution is 7.80. The number of carbonyl (C=O) groups is 1. The highest BCUT2D eigenvalue weighted by Gasteiger charge is 1.99.